The molecule has 8 aromatic rings. The van der Waals surface area contributed by atoms with Crippen molar-refractivity contribution in [1.82, 2.24) is 54.0 Å². The molecule has 0 aliphatic heterocycles. The molecule has 0 radical (unpaired) electrons. The molecule has 6 heterocycles. The highest BCUT2D eigenvalue weighted by Crippen LogP contribution is 2.28. The van der Waals surface area contributed by atoms with E-state index in [4.69, 9.17) is 14.7 Å². The fourth-order valence-corrected chi connectivity index (χ4v) is 5.87. The molecule has 0 bridgehead atoms. The number of fused-ring (bicyclic) bond motifs is 2. The Morgan fingerprint density at radius 1 is 0.709 bits per heavy atom. The van der Waals surface area contributed by atoms with Crippen LogP contribution in [-0.4, -0.2) is 61.1 Å². The van der Waals surface area contributed by atoms with Crippen LogP contribution in [0.3, 0.4) is 0 Å². The van der Waals surface area contributed by atoms with Crippen molar-refractivity contribution in [3.8, 4) is 28.7 Å². The maximum atomic E-state index is 5.26. The molecule has 284 valence electrons. The third-order valence-corrected chi connectivity index (χ3v) is 8.42. The van der Waals surface area contributed by atoms with Crippen molar-refractivity contribution in [3.63, 3.8) is 0 Å². The predicted molar refractivity (Wildman–Crippen MR) is 222 cm³/mol. The average molecular weight is 740 g/mol. The number of benzene rings is 2. The van der Waals surface area contributed by atoms with Crippen LogP contribution in [0.4, 0.5) is 23.3 Å². The number of pyridine rings is 1. The van der Waals surface area contributed by atoms with Gasteiger partial charge in [-0.2, -0.15) is 9.97 Å². The van der Waals surface area contributed by atoms with Crippen LogP contribution in [-0.2, 0) is 13.0 Å². The second-order valence-corrected chi connectivity index (χ2v) is 12.3. The molecule has 55 heavy (non-hydrogen) atoms. The van der Waals surface area contributed by atoms with E-state index in [0.717, 1.165) is 69.8 Å². The molecule has 14 nitrogen and oxygen atoms in total. The van der Waals surface area contributed by atoms with Crippen LogP contribution in [0.1, 0.15) is 56.0 Å². The topological polar surface area (TPSA) is 159 Å². The first-order valence-electron chi connectivity index (χ1n) is 18.4. The van der Waals surface area contributed by atoms with Gasteiger partial charge in [-0.15, -0.1) is 0 Å². The zero-order valence-electron chi connectivity index (χ0n) is 32.1. The Morgan fingerprint density at radius 2 is 1.35 bits per heavy atom. The Labute approximate surface area is 323 Å². The molecule has 14 heteroatoms. The molecule has 0 aliphatic carbocycles. The zero-order valence-corrected chi connectivity index (χ0v) is 32.1. The van der Waals surface area contributed by atoms with Crippen LogP contribution >= 0.6 is 0 Å². The van der Waals surface area contributed by atoms with E-state index in [2.05, 4.69) is 94.5 Å². The van der Waals surface area contributed by atoms with Crippen molar-refractivity contribution in [1.29, 1.82) is 0 Å². The number of hydrogen-bond acceptors (Lipinski definition) is 12. The van der Waals surface area contributed by atoms with E-state index < -0.39 is 0 Å². The lowest BCUT2D eigenvalue weighted by Gasteiger charge is -2.12. The molecule has 2 aromatic carbocycles. The number of nitrogens with one attached hydrogen (secondary N) is 2. The third-order valence-electron chi connectivity index (χ3n) is 8.42. The molecule has 0 saturated carbocycles. The molecule has 0 spiro atoms. The minimum absolute atomic E-state index is 0. The van der Waals surface area contributed by atoms with Gasteiger partial charge in [0, 0.05) is 57.0 Å². The van der Waals surface area contributed by atoms with Crippen molar-refractivity contribution in [2.24, 2.45) is 0 Å². The molecule has 0 fully saturated rings. The van der Waals surface area contributed by atoms with Gasteiger partial charge in [0.05, 0.1) is 19.5 Å². The quantitative estimate of drug-likeness (QED) is 0.137. The van der Waals surface area contributed by atoms with E-state index in [1.54, 1.807) is 38.1 Å². The lowest BCUT2D eigenvalue weighted by atomic mass is 10.1. The van der Waals surface area contributed by atoms with Crippen LogP contribution in [0.15, 0.2) is 104 Å². The normalized spacial score (nSPS) is 10.8. The summed E-state index contributed by atoms with van der Waals surface area (Å²) in [6.07, 6.45) is 11.2. The van der Waals surface area contributed by atoms with Crippen LogP contribution in [0, 0.1) is 0 Å². The van der Waals surface area contributed by atoms with Gasteiger partial charge in [-0.25, -0.2) is 29.9 Å². The van der Waals surface area contributed by atoms with E-state index in [9.17, 15) is 0 Å². The van der Waals surface area contributed by atoms with Gasteiger partial charge in [-0.1, -0.05) is 39.0 Å². The summed E-state index contributed by atoms with van der Waals surface area (Å²) in [4.78, 5) is 40.0. The summed E-state index contributed by atoms with van der Waals surface area (Å²) >= 11 is 0. The number of hydrogen-bond donors (Lipinski definition) is 2. The Balaban J connectivity index is 0.000000234. The summed E-state index contributed by atoms with van der Waals surface area (Å²) in [5.41, 5.74) is 7.95. The zero-order chi connectivity index (χ0) is 38.7. The summed E-state index contributed by atoms with van der Waals surface area (Å²) < 4.78 is 9.41. The van der Waals surface area contributed by atoms with Crippen molar-refractivity contribution in [2.45, 2.75) is 60.5 Å². The number of anilines is 4. The molecular formula is C41H49N13O. The molecule has 6 aromatic heterocycles. The highest BCUT2D eigenvalue weighted by molar-refractivity contribution is 5.79. The summed E-state index contributed by atoms with van der Waals surface area (Å²) in [6.45, 7) is 13.2. The highest BCUT2D eigenvalue weighted by Gasteiger charge is 2.18. The molecule has 0 saturated heterocycles. The first-order valence-corrected chi connectivity index (χ1v) is 18.4. The maximum Gasteiger partial charge on any atom is 0.229 e. The second-order valence-electron chi connectivity index (χ2n) is 12.3. The molecule has 8 rings (SSSR count). The van der Waals surface area contributed by atoms with E-state index in [1.165, 1.54) is 11.9 Å². The summed E-state index contributed by atoms with van der Waals surface area (Å²) in [5.74, 6) is 3.45. The first-order chi connectivity index (χ1) is 26.9. The van der Waals surface area contributed by atoms with E-state index in [0.29, 0.717) is 17.4 Å². The van der Waals surface area contributed by atoms with Gasteiger partial charge in [0.1, 0.15) is 34.6 Å². The van der Waals surface area contributed by atoms with Gasteiger partial charge >= 0.3 is 0 Å². The Kier molecular flexibility index (Phi) is 12.3. The number of methoxy groups -OCH3 is 1. The number of imidazole rings is 2. The van der Waals surface area contributed by atoms with Crippen LogP contribution < -0.4 is 15.4 Å². The maximum absolute atomic E-state index is 5.26. The molecule has 0 unspecified atom stereocenters. The van der Waals surface area contributed by atoms with Gasteiger partial charge in [0.25, 0.3) is 0 Å². The number of ether oxygens (including phenoxy) is 1. The Hall–Kier alpha value is -6.83. The smallest absolute Gasteiger partial charge is 0.229 e. The fraction of sp³-hybridized carbons (Fsp3) is 0.244. The van der Waals surface area contributed by atoms with Crippen LogP contribution in [0.5, 0.6) is 5.75 Å². The van der Waals surface area contributed by atoms with Gasteiger partial charge in [0.2, 0.25) is 11.9 Å². The van der Waals surface area contributed by atoms with Gasteiger partial charge < -0.3 is 24.5 Å². The minimum Gasteiger partial charge on any atom is -0.497 e. The third kappa shape index (κ3) is 8.70. The number of aromatic nitrogens is 11. The Morgan fingerprint density at radius 3 is 1.98 bits per heavy atom. The monoisotopic (exact) mass is 739 g/mol. The Bertz CT molecular complexity index is 2480. The lowest BCUT2D eigenvalue weighted by molar-refractivity contribution is 0.415. The average Bonchev–Trinajstić information content (AvgIpc) is 3.81. The standard InChI is InChI=1S/C20H20N6.C19H19N7O.C2H6.2H2/c1-3-14-6-5-7-16(12-14)23-20-22-13-17-19(25-20)26(4-2)18(24-17)15-8-10-21-11-9-15;1-12(2)26-17(15-7-8-20-11-22-15)24-16-10-21-19(25-18(16)26)23-13-5-4-6-14(9-13)27-3;1-2;;/h5-13H,3-4H2,1-2H3,(H,22,23,25);4-12H,1-3H3,(H,21,23,25);1-2H3;2*1H. The molecule has 0 amide bonds. The van der Waals surface area contributed by atoms with Crippen molar-refractivity contribution in [2.75, 3.05) is 17.7 Å². The van der Waals surface area contributed by atoms with Gasteiger partial charge in [-0.05, 0) is 75.2 Å². The number of nitrogens with zero attached hydrogens (tertiary/aromatic N) is 11. The lowest BCUT2D eigenvalue weighted by Crippen LogP contribution is -2.06. The largest absolute Gasteiger partial charge is 0.497 e. The SMILES string of the molecule is CC.CCc1cccc(Nc2ncc3nc(-c4ccncc4)n(CC)c3n2)c1.COc1cccc(Nc2ncc3nc(-c4ccncn4)n(C(C)C)c3n2)c1.[HH].[HH]. The van der Waals surface area contributed by atoms with Crippen molar-refractivity contribution >= 4 is 45.6 Å². The summed E-state index contributed by atoms with van der Waals surface area (Å²) in [7, 11) is 1.64. The first kappa shape index (κ1) is 37.9. The summed E-state index contributed by atoms with van der Waals surface area (Å²) in [5, 5.41) is 6.51. The van der Waals surface area contributed by atoms with Gasteiger partial charge in [-0.3, -0.25) is 4.98 Å². The van der Waals surface area contributed by atoms with Crippen LogP contribution in [0.2, 0.25) is 0 Å². The van der Waals surface area contributed by atoms with E-state index in [-0.39, 0.29) is 8.90 Å². The molecule has 2 N–H and O–H groups in total. The molecular weight excluding hydrogens is 691 g/mol. The predicted octanol–water partition coefficient (Wildman–Crippen LogP) is 9.35. The molecule has 0 aliphatic rings. The van der Waals surface area contributed by atoms with E-state index in [1.807, 2.05) is 68.4 Å². The van der Waals surface area contributed by atoms with E-state index >= 15 is 0 Å². The summed E-state index contributed by atoms with van der Waals surface area (Å²) in [6, 6.07) is 21.8. The minimum atomic E-state index is 0. The highest BCUT2D eigenvalue weighted by atomic mass is 16.5. The molecule has 0 atom stereocenters. The fourth-order valence-electron chi connectivity index (χ4n) is 5.87. The van der Waals surface area contributed by atoms with Crippen molar-refractivity contribution in [3.05, 3.63) is 110 Å². The van der Waals surface area contributed by atoms with Gasteiger partial charge in [0.15, 0.2) is 17.1 Å². The van der Waals surface area contributed by atoms with Crippen molar-refractivity contribution < 1.29 is 7.59 Å². The second kappa shape index (κ2) is 17.8. The number of rotatable bonds is 10. The van der Waals surface area contributed by atoms with Crippen LogP contribution in [0.25, 0.3) is 45.2 Å². The number of aryl methyl sites for hydroxylation is 2.